The number of carbonyl (C=O) groups is 1. The molecule has 1 aromatic carbocycles. The third-order valence-electron chi connectivity index (χ3n) is 2.46. The fraction of sp³-hybridized carbons (Fsp3) is 0.357. The summed E-state index contributed by atoms with van der Waals surface area (Å²) in [5.41, 5.74) is 2.17. The number of ether oxygens (including phenoxy) is 1. The van der Waals surface area contributed by atoms with Gasteiger partial charge in [-0.05, 0) is 25.0 Å². The summed E-state index contributed by atoms with van der Waals surface area (Å²) in [6, 6.07) is 5.99. The van der Waals surface area contributed by atoms with Crippen molar-refractivity contribution in [3.8, 4) is 5.75 Å². The van der Waals surface area contributed by atoms with Crippen LogP contribution in [0.5, 0.6) is 5.75 Å². The van der Waals surface area contributed by atoms with E-state index >= 15 is 0 Å². The lowest BCUT2D eigenvalue weighted by Crippen LogP contribution is -2.25. The van der Waals surface area contributed by atoms with Gasteiger partial charge in [0.1, 0.15) is 5.75 Å². The van der Waals surface area contributed by atoms with Crippen LogP contribution in [0.3, 0.4) is 0 Å². The lowest BCUT2D eigenvalue weighted by atomic mass is 10.1. The number of amides is 1. The van der Waals surface area contributed by atoms with Crippen molar-refractivity contribution in [2.24, 2.45) is 0 Å². The van der Waals surface area contributed by atoms with Gasteiger partial charge in [-0.2, -0.15) is 0 Å². The molecule has 0 saturated heterocycles. The Morgan fingerprint density at radius 3 is 2.56 bits per heavy atom. The number of rotatable bonds is 6. The fourth-order valence-corrected chi connectivity index (χ4v) is 1.70. The van der Waals surface area contributed by atoms with Gasteiger partial charge in [-0.25, -0.2) is 0 Å². The zero-order valence-corrected chi connectivity index (χ0v) is 12.3. The van der Waals surface area contributed by atoms with E-state index in [0.29, 0.717) is 19.6 Å². The molecule has 0 aliphatic heterocycles. The highest BCUT2D eigenvalue weighted by molar-refractivity contribution is 9.11. The second-order valence-electron chi connectivity index (χ2n) is 4.11. The SMILES string of the molecule is C=C(Br)CNC(=O)CCOc1c(C)cccc1C. The van der Waals surface area contributed by atoms with Gasteiger partial charge in [-0.15, -0.1) is 0 Å². The van der Waals surface area contributed by atoms with Crippen LogP contribution < -0.4 is 10.1 Å². The first-order chi connectivity index (χ1) is 8.50. The van der Waals surface area contributed by atoms with E-state index in [9.17, 15) is 4.79 Å². The Balaban J connectivity index is 2.38. The summed E-state index contributed by atoms with van der Waals surface area (Å²) in [4.78, 5) is 11.5. The first kappa shape index (κ1) is 14.8. The molecule has 0 radical (unpaired) electrons. The maximum Gasteiger partial charge on any atom is 0.223 e. The highest BCUT2D eigenvalue weighted by atomic mass is 79.9. The van der Waals surface area contributed by atoms with Gasteiger partial charge in [0.15, 0.2) is 0 Å². The van der Waals surface area contributed by atoms with Crippen LogP contribution in [0.15, 0.2) is 29.3 Å². The molecule has 0 spiro atoms. The van der Waals surface area contributed by atoms with Gasteiger partial charge in [0, 0.05) is 11.0 Å². The van der Waals surface area contributed by atoms with Gasteiger partial charge in [0.25, 0.3) is 0 Å². The summed E-state index contributed by atoms with van der Waals surface area (Å²) in [5.74, 6) is 0.831. The van der Waals surface area contributed by atoms with Crippen molar-refractivity contribution >= 4 is 21.8 Å². The number of carbonyl (C=O) groups excluding carboxylic acids is 1. The molecule has 1 N–H and O–H groups in total. The van der Waals surface area contributed by atoms with Crippen LogP contribution in [0.2, 0.25) is 0 Å². The highest BCUT2D eigenvalue weighted by Gasteiger charge is 2.05. The molecule has 0 aromatic heterocycles. The number of hydrogen-bond donors (Lipinski definition) is 1. The topological polar surface area (TPSA) is 38.3 Å². The molecule has 18 heavy (non-hydrogen) atoms. The third kappa shape index (κ3) is 4.92. The summed E-state index contributed by atoms with van der Waals surface area (Å²) in [6.45, 7) is 8.47. The van der Waals surface area contributed by atoms with E-state index in [4.69, 9.17) is 4.74 Å². The lowest BCUT2D eigenvalue weighted by Gasteiger charge is -2.11. The zero-order valence-electron chi connectivity index (χ0n) is 10.8. The van der Waals surface area contributed by atoms with E-state index in [2.05, 4.69) is 27.8 Å². The van der Waals surface area contributed by atoms with Gasteiger partial charge in [0.05, 0.1) is 13.0 Å². The van der Waals surface area contributed by atoms with Crippen molar-refractivity contribution < 1.29 is 9.53 Å². The normalized spacial score (nSPS) is 9.94. The molecule has 0 heterocycles. The number of nitrogens with one attached hydrogen (secondary N) is 1. The second-order valence-corrected chi connectivity index (χ2v) is 5.23. The second kappa shape index (κ2) is 7.21. The van der Waals surface area contributed by atoms with Crippen molar-refractivity contribution in [2.75, 3.05) is 13.2 Å². The minimum absolute atomic E-state index is 0.0400. The van der Waals surface area contributed by atoms with Crippen LogP contribution in [0.4, 0.5) is 0 Å². The smallest absolute Gasteiger partial charge is 0.223 e. The molecule has 0 bridgehead atoms. The van der Waals surface area contributed by atoms with Crippen molar-refractivity contribution in [1.82, 2.24) is 5.32 Å². The Bertz CT molecular complexity index is 423. The van der Waals surface area contributed by atoms with Crippen LogP contribution in [0, 0.1) is 13.8 Å². The molecule has 4 heteroatoms. The number of para-hydroxylation sites is 1. The first-order valence-corrected chi connectivity index (χ1v) is 6.59. The summed E-state index contributed by atoms with van der Waals surface area (Å²) >= 11 is 3.19. The highest BCUT2D eigenvalue weighted by Crippen LogP contribution is 2.22. The monoisotopic (exact) mass is 311 g/mol. The number of halogens is 1. The third-order valence-corrected chi connectivity index (χ3v) is 2.74. The number of hydrogen-bond acceptors (Lipinski definition) is 2. The van der Waals surface area contributed by atoms with Gasteiger partial charge < -0.3 is 10.1 Å². The van der Waals surface area contributed by atoms with Gasteiger partial charge in [-0.3, -0.25) is 4.79 Å². The van der Waals surface area contributed by atoms with E-state index in [1.165, 1.54) is 0 Å². The molecular weight excluding hydrogens is 294 g/mol. The minimum atomic E-state index is -0.0400. The molecule has 0 aliphatic carbocycles. The van der Waals surface area contributed by atoms with Gasteiger partial charge in [-0.1, -0.05) is 40.7 Å². The Morgan fingerprint density at radius 1 is 1.39 bits per heavy atom. The van der Waals surface area contributed by atoms with E-state index < -0.39 is 0 Å². The van der Waals surface area contributed by atoms with Crippen molar-refractivity contribution in [3.63, 3.8) is 0 Å². The average Bonchev–Trinajstić information content (AvgIpc) is 2.30. The lowest BCUT2D eigenvalue weighted by molar-refractivity contribution is -0.121. The molecule has 98 valence electrons. The van der Waals surface area contributed by atoms with Crippen molar-refractivity contribution in [1.29, 1.82) is 0 Å². The standard InChI is InChI=1S/C14H18BrNO2/c1-10-5-4-6-11(2)14(10)18-8-7-13(17)16-9-12(3)15/h4-6H,3,7-9H2,1-2H3,(H,16,17). The largest absolute Gasteiger partial charge is 0.493 e. The van der Waals surface area contributed by atoms with Crippen LogP contribution in [0.1, 0.15) is 17.5 Å². The molecule has 1 rings (SSSR count). The maximum atomic E-state index is 11.5. The van der Waals surface area contributed by atoms with Crippen molar-refractivity contribution in [3.05, 3.63) is 40.4 Å². The Hall–Kier alpha value is -1.29. The summed E-state index contributed by atoms with van der Waals surface area (Å²) in [7, 11) is 0. The predicted octanol–water partition coefficient (Wildman–Crippen LogP) is 3.10. The summed E-state index contributed by atoms with van der Waals surface area (Å²) in [5, 5.41) is 2.73. The number of benzene rings is 1. The van der Waals surface area contributed by atoms with Crippen molar-refractivity contribution in [2.45, 2.75) is 20.3 Å². The van der Waals surface area contributed by atoms with Crippen LogP contribution in [-0.4, -0.2) is 19.1 Å². The zero-order chi connectivity index (χ0) is 13.5. The van der Waals surface area contributed by atoms with Crippen LogP contribution in [0.25, 0.3) is 0 Å². The average molecular weight is 312 g/mol. The predicted molar refractivity (Wildman–Crippen MR) is 77.1 cm³/mol. The first-order valence-electron chi connectivity index (χ1n) is 5.79. The molecule has 0 unspecified atom stereocenters. The Morgan fingerprint density at radius 2 is 2.00 bits per heavy atom. The molecule has 0 saturated carbocycles. The molecule has 0 fully saturated rings. The van der Waals surface area contributed by atoms with Gasteiger partial charge >= 0.3 is 0 Å². The van der Waals surface area contributed by atoms with Gasteiger partial charge in [0.2, 0.25) is 5.91 Å². The van der Waals surface area contributed by atoms with E-state index in [1.807, 2.05) is 32.0 Å². The molecule has 1 amide bonds. The van der Waals surface area contributed by atoms with E-state index in [-0.39, 0.29) is 5.91 Å². The summed E-state index contributed by atoms with van der Waals surface area (Å²) < 4.78 is 6.41. The van der Waals surface area contributed by atoms with E-state index in [0.717, 1.165) is 21.4 Å². The molecular formula is C14H18BrNO2. The summed E-state index contributed by atoms with van der Waals surface area (Å²) in [6.07, 6.45) is 0.341. The Kier molecular flexibility index (Phi) is 5.92. The van der Waals surface area contributed by atoms with Crippen LogP contribution >= 0.6 is 15.9 Å². The Labute approximate surface area is 116 Å². The van der Waals surface area contributed by atoms with Crippen LogP contribution in [-0.2, 0) is 4.79 Å². The molecule has 0 aliphatic rings. The quantitative estimate of drug-likeness (QED) is 0.876. The minimum Gasteiger partial charge on any atom is -0.493 e. The molecule has 1 aromatic rings. The molecule has 0 atom stereocenters. The molecule has 3 nitrogen and oxygen atoms in total. The maximum absolute atomic E-state index is 11.5. The van der Waals surface area contributed by atoms with E-state index in [1.54, 1.807) is 0 Å². The fourth-order valence-electron chi connectivity index (χ4n) is 1.56. The number of aryl methyl sites for hydroxylation is 2.